The van der Waals surface area contributed by atoms with Crippen LogP contribution in [-0.2, 0) is 6.54 Å². The number of amides is 1. The maximum atomic E-state index is 13.5. The number of aromatic amines is 1. The number of phenolic OH excluding ortho intramolecular Hbond substituents is 1. The van der Waals surface area contributed by atoms with E-state index in [4.69, 9.17) is 9.15 Å². The van der Waals surface area contributed by atoms with E-state index >= 15 is 0 Å². The molecule has 0 bridgehead atoms. The molecule has 3 heterocycles. The summed E-state index contributed by atoms with van der Waals surface area (Å²) in [5.74, 6) is 1.43. The van der Waals surface area contributed by atoms with Crippen molar-refractivity contribution in [3.63, 3.8) is 0 Å². The first kappa shape index (κ1) is 20.9. The van der Waals surface area contributed by atoms with Gasteiger partial charge >= 0.3 is 0 Å². The number of carbonyl (C=O) groups excluding carboxylic acids is 1. The fourth-order valence-corrected chi connectivity index (χ4v) is 4.63. The Morgan fingerprint density at radius 2 is 1.97 bits per heavy atom. The lowest BCUT2D eigenvalue weighted by Gasteiger charge is -2.26. The van der Waals surface area contributed by atoms with Crippen molar-refractivity contribution < 1.29 is 19.1 Å². The second-order valence-corrected chi connectivity index (χ2v) is 8.25. The molecule has 1 aliphatic rings. The van der Waals surface area contributed by atoms with Crippen LogP contribution >= 0.6 is 0 Å². The first-order valence-electron chi connectivity index (χ1n) is 10.9. The molecule has 0 aliphatic carbocycles. The highest BCUT2D eigenvalue weighted by Crippen LogP contribution is 2.46. The Balaban J connectivity index is 1.66. The number of aromatic nitrogens is 2. The number of hydrogen-bond donors (Lipinski definition) is 2. The Kier molecular flexibility index (Phi) is 5.17. The van der Waals surface area contributed by atoms with Gasteiger partial charge in [-0.2, -0.15) is 5.10 Å². The topological polar surface area (TPSA) is 91.6 Å². The number of phenols is 1. The van der Waals surface area contributed by atoms with Crippen molar-refractivity contribution in [2.24, 2.45) is 0 Å². The number of aromatic hydroxyl groups is 1. The number of nitrogens with one attached hydrogen (secondary N) is 1. The molecule has 7 heteroatoms. The van der Waals surface area contributed by atoms with E-state index in [1.807, 2.05) is 63.2 Å². The van der Waals surface area contributed by atoms with Gasteiger partial charge in [0.2, 0.25) is 0 Å². The molecule has 1 aliphatic heterocycles. The van der Waals surface area contributed by atoms with E-state index in [0.717, 1.165) is 28.0 Å². The average Bonchev–Trinajstić information content (AvgIpc) is 3.49. The van der Waals surface area contributed by atoms with Gasteiger partial charge in [-0.1, -0.05) is 18.2 Å². The highest BCUT2D eigenvalue weighted by atomic mass is 16.5. The molecule has 2 aromatic carbocycles. The van der Waals surface area contributed by atoms with Crippen molar-refractivity contribution in [1.82, 2.24) is 15.1 Å². The lowest BCUT2D eigenvalue weighted by atomic mass is 9.93. The van der Waals surface area contributed by atoms with E-state index in [1.54, 1.807) is 17.2 Å². The van der Waals surface area contributed by atoms with E-state index in [0.29, 0.717) is 35.9 Å². The number of carbonyl (C=O) groups is 1. The number of fused-ring (bicyclic) bond motifs is 1. The molecule has 0 spiro atoms. The Labute approximate surface area is 191 Å². The highest BCUT2D eigenvalue weighted by Gasteiger charge is 2.43. The van der Waals surface area contributed by atoms with Crippen molar-refractivity contribution in [2.45, 2.75) is 33.4 Å². The van der Waals surface area contributed by atoms with Crippen molar-refractivity contribution in [2.75, 3.05) is 6.61 Å². The van der Waals surface area contributed by atoms with E-state index < -0.39 is 6.04 Å². The number of hydrogen-bond acceptors (Lipinski definition) is 5. The van der Waals surface area contributed by atoms with Gasteiger partial charge in [-0.15, -0.1) is 0 Å². The van der Waals surface area contributed by atoms with Gasteiger partial charge in [0.1, 0.15) is 28.6 Å². The lowest BCUT2D eigenvalue weighted by Crippen LogP contribution is -2.29. The molecule has 1 atom stereocenters. The monoisotopic (exact) mass is 443 g/mol. The fourth-order valence-electron chi connectivity index (χ4n) is 4.63. The molecule has 33 heavy (non-hydrogen) atoms. The van der Waals surface area contributed by atoms with Crippen molar-refractivity contribution in [3.05, 3.63) is 88.5 Å². The van der Waals surface area contributed by atoms with Crippen LogP contribution in [0, 0.1) is 13.8 Å². The second-order valence-electron chi connectivity index (χ2n) is 8.25. The first-order chi connectivity index (χ1) is 16.0. The van der Waals surface area contributed by atoms with Gasteiger partial charge in [-0.25, -0.2) is 0 Å². The van der Waals surface area contributed by atoms with Crippen molar-refractivity contribution in [3.8, 4) is 22.8 Å². The van der Waals surface area contributed by atoms with Crippen molar-refractivity contribution in [1.29, 1.82) is 0 Å². The first-order valence-corrected chi connectivity index (χ1v) is 10.9. The number of furan rings is 1. The minimum Gasteiger partial charge on any atom is -0.507 e. The summed E-state index contributed by atoms with van der Waals surface area (Å²) in [4.78, 5) is 15.2. The second kappa shape index (κ2) is 8.16. The van der Waals surface area contributed by atoms with Crippen molar-refractivity contribution >= 4 is 5.91 Å². The predicted octanol–water partition coefficient (Wildman–Crippen LogP) is 5.14. The third-order valence-electron chi connectivity index (χ3n) is 5.97. The largest absolute Gasteiger partial charge is 0.507 e. The van der Waals surface area contributed by atoms with Crippen LogP contribution in [0.5, 0.6) is 11.5 Å². The molecular weight excluding hydrogens is 418 g/mol. The minimum absolute atomic E-state index is 0.143. The molecule has 4 aromatic rings. The number of nitrogens with zero attached hydrogens (tertiary/aromatic N) is 2. The van der Waals surface area contributed by atoms with Crippen LogP contribution in [0.1, 0.15) is 51.5 Å². The van der Waals surface area contributed by atoms with E-state index in [-0.39, 0.29) is 11.7 Å². The molecule has 2 aromatic heterocycles. The third kappa shape index (κ3) is 3.55. The molecule has 0 unspecified atom stereocenters. The number of rotatable bonds is 6. The molecule has 0 saturated heterocycles. The predicted molar refractivity (Wildman–Crippen MR) is 123 cm³/mol. The summed E-state index contributed by atoms with van der Waals surface area (Å²) in [6, 6.07) is 14.7. The van der Waals surface area contributed by atoms with Gasteiger partial charge in [-0.05, 0) is 67.8 Å². The van der Waals surface area contributed by atoms with E-state index in [9.17, 15) is 9.90 Å². The molecule has 1 amide bonds. The van der Waals surface area contributed by atoms with Gasteiger partial charge in [0.15, 0.2) is 0 Å². The molecule has 168 valence electrons. The van der Waals surface area contributed by atoms with E-state index in [2.05, 4.69) is 10.2 Å². The van der Waals surface area contributed by atoms with E-state index in [1.165, 1.54) is 0 Å². The SMILES string of the molecule is CCOc1ccc([C@@H]2c3c(-c4c(C)cc(C)cc4O)n[nH]c3C(=O)N2Cc2ccco2)cc1. The molecule has 0 radical (unpaired) electrons. The molecule has 0 saturated carbocycles. The van der Waals surface area contributed by atoms with Crippen LogP contribution in [0.25, 0.3) is 11.3 Å². The fraction of sp³-hybridized carbons (Fsp3) is 0.231. The van der Waals surface area contributed by atoms with Crippen LogP contribution in [0.4, 0.5) is 0 Å². The van der Waals surface area contributed by atoms with Crippen LogP contribution in [0.2, 0.25) is 0 Å². The summed E-state index contributed by atoms with van der Waals surface area (Å²) in [7, 11) is 0. The molecule has 5 rings (SSSR count). The zero-order valence-corrected chi connectivity index (χ0v) is 18.8. The summed E-state index contributed by atoms with van der Waals surface area (Å²) >= 11 is 0. The Morgan fingerprint density at radius 3 is 2.64 bits per heavy atom. The molecule has 7 nitrogen and oxygen atoms in total. The summed E-state index contributed by atoms with van der Waals surface area (Å²) in [6.45, 7) is 6.70. The third-order valence-corrected chi connectivity index (χ3v) is 5.97. The molecular formula is C26H25N3O4. The van der Waals surface area contributed by atoms with Crippen LogP contribution < -0.4 is 4.74 Å². The maximum Gasteiger partial charge on any atom is 0.273 e. The van der Waals surface area contributed by atoms with Gasteiger partial charge in [-0.3, -0.25) is 9.89 Å². The quantitative estimate of drug-likeness (QED) is 0.431. The average molecular weight is 444 g/mol. The lowest BCUT2D eigenvalue weighted by molar-refractivity contribution is 0.0717. The van der Waals surface area contributed by atoms with Crippen LogP contribution in [-0.4, -0.2) is 32.7 Å². The number of H-pyrrole nitrogens is 1. The van der Waals surface area contributed by atoms with Crippen LogP contribution in [0.3, 0.4) is 0 Å². The number of aryl methyl sites for hydroxylation is 2. The Bertz CT molecular complexity index is 1280. The summed E-state index contributed by atoms with van der Waals surface area (Å²) in [5, 5.41) is 18.2. The zero-order valence-electron chi connectivity index (χ0n) is 18.8. The normalized spacial score (nSPS) is 15.2. The standard InChI is InChI=1S/C26H25N3O4/c1-4-32-18-9-7-17(8-10-18)25-22-23(21-16(3)12-15(2)13-20(21)30)27-28-24(22)26(31)29(25)14-19-6-5-11-33-19/h5-13,25,30H,4,14H2,1-3H3,(H,27,28)/t25-/m1/s1. The summed E-state index contributed by atoms with van der Waals surface area (Å²) in [6.07, 6.45) is 1.60. The summed E-state index contributed by atoms with van der Waals surface area (Å²) < 4.78 is 11.1. The Hall–Kier alpha value is -4.00. The van der Waals surface area contributed by atoms with Gasteiger partial charge in [0.05, 0.1) is 25.5 Å². The smallest absolute Gasteiger partial charge is 0.273 e. The van der Waals surface area contributed by atoms with Gasteiger partial charge in [0, 0.05) is 11.1 Å². The maximum absolute atomic E-state index is 13.5. The minimum atomic E-state index is -0.401. The number of ether oxygens (including phenoxy) is 1. The molecule has 2 N–H and O–H groups in total. The Morgan fingerprint density at radius 1 is 1.18 bits per heavy atom. The van der Waals surface area contributed by atoms with Crippen LogP contribution in [0.15, 0.2) is 59.2 Å². The highest BCUT2D eigenvalue weighted by molar-refractivity contribution is 6.00. The number of benzene rings is 2. The van der Waals surface area contributed by atoms with Gasteiger partial charge < -0.3 is 19.2 Å². The molecule has 0 fully saturated rings. The zero-order chi connectivity index (χ0) is 23.1. The summed E-state index contributed by atoms with van der Waals surface area (Å²) in [5.41, 5.74) is 5.15. The van der Waals surface area contributed by atoms with Gasteiger partial charge in [0.25, 0.3) is 5.91 Å².